The van der Waals surface area contributed by atoms with Crippen LogP contribution in [-0.4, -0.2) is 32.4 Å². The van der Waals surface area contributed by atoms with Crippen molar-refractivity contribution in [1.29, 1.82) is 5.26 Å². The van der Waals surface area contributed by atoms with Crippen molar-refractivity contribution >= 4 is 39.3 Å². The standard InChI is InChI=1S/C28H21BrClN5O3/c29-22-11-8-20(14-23(22)30)27(37)33-12-13-34-24(17-33)25(26(36)32-16-19-4-2-1-3-5-19)35(28(34)38)21-9-6-18(15-31)7-10-21/h1-11,14H,12-13,16-17H2,(H,32,36). The van der Waals surface area contributed by atoms with Gasteiger partial charge in [0.1, 0.15) is 5.69 Å². The molecule has 190 valence electrons. The van der Waals surface area contributed by atoms with E-state index in [1.807, 2.05) is 30.3 Å². The van der Waals surface area contributed by atoms with Gasteiger partial charge in [-0.15, -0.1) is 0 Å². The van der Waals surface area contributed by atoms with Gasteiger partial charge in [0.25, 0.3) is 11.8 Å². The van der Waals surface area contributed by atoms with Gasteiger partial charge in [0.2, 0.25) is 0 Å². The van der Waals surface area contributed by atoms with E-state index in [1.54, 1.807) is 47.4 Å². The normalized spacial score (nSPS) is 12.5. The summed E-state index contributed by atoms with van der Waals surface area (Å²) in [6.07, 6.45) is 0. The van der Waals surface area contributed by atoms with Gasteiger partial charge in [0.05, 0.1) is 34.6 Å². The van der Waals surface area contributed by atoms with Crippen LogP contribution in [0.1, 0.15) is 37.7 Å². The summed E-state index contributed by atoms with van der Waals surface area (Å²) in [6, 6.07) is 22.9. The van der Waals surface area contributed by atoms with Crippen LogP contribution in [0.15, 0.2) is 82.1 Å². The zero-order chi connectivity index (χ0) is 26.8. The second-order valence-electron chi connectivity index (χ2n) is 8.75. The number of nitriles is 1. The minimum Gasteiger partial charge on any atom is -0.347 e. The van der Waals surface area contributed by atoms with E-state index in [4.69, 9.17) is 11.6 Å². The van der Waals surface area contributed by atoms with Crippen molar-refractivity contribution in [2.45, 2.75) is 19.6 Å². The molecule has 8 nitrogen and oxygen atoms in total. The average molecular weight is 591 g/mol. The Morgan fingerprint density at radius 2 is 1.76 bits per heavy atom. The molecule has 10 heteroatoms. The monoisotopic (exact) mass is 589 g/mol. The van der Waals surface area contributed by atoms with Gasteiger partial charge >= 0.3 is 5.69 Å². The Hall–Kier alpha value is -4.13. The zero-order valence-corrected chi connectivity index (χ0v) is 22.4. The van der Waals surface area contributed by atoms with Crippen molar-refractivity contribution in [3.05, 3.63) is 121 Å². The highest BCUT2D eigenvalue weighted by molar-refractivity contribution is 9.10. The number of imidazole rings is 1. The molecule has 0 saturated carbocycles. The molecule has 2 heterocycles. The SMILES string of the molecule is N#Cc1ccc(-n2c(C(=O)NCc3ccccc3)c3n(c2=O)CCN(C(=O)c2ccc(Br)c(Cl)c2)C3)cc1. The van der Waals surface area contributed by atoms with Gasteiger partial charge in [0, 0.05) is 29.7 Å². The van der Waals surface area contributed by atoms with Gasteiger partial charge in [-0.2, -0.15) is 5.26 Å². The predicted molar refractivity (Wildman–Crippen MR) is 146 cm³/mol. The van der Waals surface area contributed by atoms with Crippen LogP contribution < -0.4 is 11.0 Å². The first-order valence-corrected chi connectivity index (χ1v) is 13.0. The van der Waals surface area contributed by atoms with Gasteiger partial charge in [-0.25, -0.2) is 4.79 Å². The zero-order valence-electron chi connectivity index (χ0n) is 20.0. The Bertz CT molecular complexity index is 1640. The largest absolute Gasteiger partial charge is 0.347 e. The summed E-state index contributed by atoms with van der Waals surface area (Å²) in [6.45, 7) is 0.860. The number of aromatic nitrogens is 2. The number of hydrogen-bond acceptors (Lipinski definition) is 4. The molecule has 0 fully saturated rings. The number of carbonyl (C=O) groups is 2. The third-order valence-corrected chi connectivity index (χ3v) is 7.63. The summed E-state index contributed by atoms with van der Waals surface area (Å²) in [5.41, 5.74) is 2.42. The minimum absolute atomic E-state index is 0.0686. The number of fused-ring (bicyclic) bond motifs is 1. The number of nitrogens with one attached hydrogen (secondary N) is 1. The molecular weight excluding hydrogens is 570 g/mol. The van der Waals surface area contributed by atoms with E-state index in [1.165, 1.54) is 9.13 Å². The molecule has 1 aliphatic rings. The van der Waals surface area contributed by atoms with Crippen LogP contribution in [0.4, 0.5) is 0 Å². The smallest absolute Gasteiger partial charge is 0.333 e. The molecule has 0 radical (unpaired) electrons. The number of rotatable bonds is 5. The summed E-state index contributed by atoms with van der Waals surface area (Å²) < 4.78 is 3.56. The van der Waals surface area contributed by atoms with Crippen molar-refractivity contribution in [3.63, 3.8) is 0 Å². The molecule has 38 heavy (non-hydrogen) atoms. The van der Waals surface area contributed by atoms with Crippen molar-refractivity contribution in [1.82, 2.24) is 19.4 Å². The molecule has 0 spiro atoms. The van der Waals surface area contributed by atoms with Gasteiger partial charge in [-0.3, -0.25) is 18.7 Å². The van der Waals surface area contributed by atoms with E-state index in [0.717, 1.165) is 5.56 Å². The number of amides is 2. The first-order valence-electron chi connectivity index (χ1n) is 11.8. The Morgan fingerprint density at radius 3 is 2.45 bits per heavy atom. The molecule has 0 atom stereocenters. The summed E-state index contributed by atoms with van der Waals surface area (Å²) in [4.78, 5) is 42.1. The fourth-order valence-electron chi connectivity index (χ4n) is 4.46. The quantitative estimate of drug-likeness (QED) is 0.370. The maximum atomic E-state index is 13.6. The van der Waals surface area contributed by atoms with Crippen molar-refractivity contribution < 1.29 is 9.59 Å². The number of hydrogen-bond donors (Lipinski definition) is 1. The van der Waals surface area contributed by atoms with Gasteiger partial charge in [-0.1, -0.05) is 41.9 Å². The highest BCUT2D eigenvalue weighted by atomic mass is 79.9. The van der Waals surface area contributed by atoms with Gasteiger partial charge in [0.15, 0.2) is 0 Å². The molecule has 0 saturated heterocycles. The molecule has 0 aliphatic carbocycles. The van der Waals surface area contributed by atoms with Gasteiger partial charge < -0.3 is 10.2 Å². The number of carbonyl (C=O) groups excluding carboxylic acids is 2. The van der Waals surface area contributed by atoms with E-state index in [-0.39, 0.29) is 36.9 Å². The highest BCUT2D eigenvalue weighted by Crippen LogP contribution is 2.26. The third-order valence-electron chi connectivity index (χ3n) is 6.40. The lowest BCUT2D eigenvalue weighted by atomic mass is 10.1. The lowest BCUT2D eigenvalue weighted by Gasteiger charge is -2.28. The molecular formula is C28H21BrClN5O3. The Morgan fingerprint density at radius 1 is 1.03 bits per heavy atom. The van der Waals surface area contributed by atoms with Crippen LogP contribution in [0, 0.1) is 11.3 Å². The molecule has 0 unspecified atom stereocenters. The molecule has 5 rings (SSSR count). The predicted octanol–water partition coefficient (Wildman–Crippen LogP) is 4.51. The Balaban J connectivity index is 1.54. The maximum Gasteiger partial charge on any atom is 0.333 e. The second-order valence-corrected chi connectivity index (χ2v) is 10.0. The van der Waals surface area contributed by atoms with Crippen molar-refractivity contribution in [2.24, 2.45) is 0 Å². The van der Waals surface area contributed by atoms with Crippen molar-refractivity contribution in [2.75, 3.05) is 6.54 Å². The first kappa shape index (κ1) is 25.5. The highest BCUT2D eigenvalue weighted by Gasteiger charge is 2.32. The maximum absolute atomic E-state index is 13.6. The Labute approximate surface area is 231 Å². The summed E-state index contributed by atoms with van der Waals surface area (Å²) in [5, 5.41) is 12.5. The average Bonchev–Trinajstić information content (AvgIpc) is 3.25. The number of benzene rings is 3. The van der Waals surface area contributed by atoms with E-state index in [9.17, 15) is 19.6 Å². The fraction of sp³-hybridized carbons (Fsp3) is 0.143. The van der Waals surface area contributed by atoms with Crippen molar-refractivity contribution in [3.8, 4) is 11.8 Å². The van der Waals surface area contributed by atoms with Gasteiger partial charge in [-0.05, 0) is 64.0 Å². The molecule has 4 aromatic rings. The second kappa shape index (κ2) is 10.7. The van der Waals surface area contributed by atoms with Crippen LogP contribution >= 0.6 is 27.5 Å². The fourth-order valence-corrected chi connectivity index (χ4v) is 4.89. The lowest BCUT2D eigenvalue weighted by Crippen LogP contribution is -2.41. The number of halogens is 2. The topological polar surface area (TPSA) is 100 Å². The molecule has 1 N–H and O–H groups in total. The number of nitrogens with zero attached hydrogens (tertiary/aromatic N) is 4. The Kier molecular flexibility index (Phi) is 7.18. The van der Waals surface area contributed by atoms with E-state index >= 15 is 0 Å². The third kappa shape index (κ3) is 4.88. The van der Waals surface area contributed by atoms with Crippen LogP contribution in [-0.2, 0) is 19.6 Å². The molecule has 1 aliphatic heterocycles. The van der Waals surface area contributed by atoms with Crippen LogP contribution in [0.2, 0.25) is 5.02 Å². The minimum atomic E-state index is -0.440. The van der Waals surface area contributed by atoms with Crippen LogP contribution in [0.25, 0.3) is 5.69 Å². The molecule has 3 aromatic carbocycles. The summed E-state index contributed by atoms with van der Waals surface area (Å²) in [7, 11) is 0. The van der Waals surface area contributed by atoms with Crippen LogP contribution in [0.5, 0.6) is 0 Å². The molecule has 1 aromatic heterocycles. The van der Waals surface area contributed by atoms with E-state index in [2.05, 4.69) is 27.3 Å². The van der Waals surface area contributed by atoms with Crippen LogP contribution in [0.3, 0.4) is 0 Å². The molecule has 2 amide bonds. The van der Waals surface area contributed by atoms with E-state index in [0.29, 0.717) is 38.5 Å². The first-order chi connectivity index (χ1) is 18.4. The molecule has 0 bridgehead atoms. The lowest BCUT2D eigenvalue weighted by molar-refractivity contribution is 0.0706. The summed E-state index contributed by atoms with van der Waals surface area (Å²) >= 11 is 9.54. The van der Waals surface area contributed by atoms with E-state index < -0.39 is 5.91 Å². The summed E-state index contributed by atoms with van der Waals surface area (Å²) in [5.74, 6) is -0.690.